The third-order valence-electron chi connectivity index (χ3n) is 4.38. The van der Waals surface area contributed by atoms with Crippen LogP contribution in [-0.2, 0) is 11.2 Å². The minimum Gasteiger partial charge on any atom is -0.497 e. The molecule has 0 atom stereocenters. The lowest BCUT2D eigenvalue weighted by atomic mass is 10.2. The summed E-state index contributed by atoms with van der Waals surface area (Å²) in [6.07, 6.45) is 0.0134. The summed E-state index contributed by atoms with van der Waals surface area (Å²) >= 11 is 0. The number of amides is 1. The predicted molar refractivity (Wildman–Crippen MR) is 109 cm³/mol. The number of hydrogen-bond donors (Lipinski definition) is 1. The van der Waals surface area contributed by atoms with Crippen molar-refractivity contribution >= 4 is 16.8 Å². The van der Waals surface area contributed by atoms with Crippen molar-refractivity contribution in [3.05, 3.63) is 64.7 Å². The minimum absolute atomic E-state index is 0.0134. The molecule has 7 nitrogen and oxygen atoms in total. The van der Waals surface area contributed by atoms with E-state index in [1.165, 1.54) is 4.57 Å². The fourth-order valence-electron chi connectivity index (χ4n) is 2.92. The topological polar surface area (TPSA) is 76.5 Å². The van der Waals surface area contributed by atoms with Gasteiger partial charge in [-0.05, 0) is 50.5 Å². The van der Waals surface area contributed by atoms with Crippen molar-refractivity contribution in [1.29, 1.82) is 0 Å². The van der Waals surface area contributed by atoms with Gasteiger partial charge < -0.3 is 15.0 Å². The van der Waals surface area contributed by atoms with Crippen LogP contribution in [0.15, 0.2) is 53.3 Å². The van der Waals surface area contributed by atoms with E-state index in [4.69, 9.17) is 4.74 Å². The van der Waals surface area contributed by atoms with E-state index in [9.17, 15) is 9.59 Å². The van der Waals surface area contributed by atoms with Gasteiger partial charge in [-0.15, -0.1) is 0 Å². The maximum Gasteiger partial charge on any atom is 0.265 e. The third kappa shape index (κ3) is 4.37. The van der Waals surface area contributed by atoms with Gasteiger partial charge in [0, 0.05) is 13.1 Å². The Bertz CT molecular complexity index is 1030. The second-order valence-electron chi connectivity index (χ2n) is 6.71. The molecule has 0 radical (unpaired) electrons. The number of hydrogen-bond acceptors (Lipinski definition) is 5. The van der Waals surface area contributed by atoms with Crippen molar-refractivity contribution in [3.63, 3.8) is 0 Å². The first-order chi connectivity index (χ1) is 13.5. The lowest BCUT2D eigenvalue weighted by Crippen LogP contribution is -2.34. The highest BCUT2D eigenvalue weighted by Gasteiger charge is 2.15. The fourth-order valence-corrected chi connectivity index (χ4v) is 2.92. The Kier molecular flexibility index (Phi) is 6.06. The van der Waals surface area contributed by atoms with Gasteiger partial charge in [-0.25, -0.2) is 4.98 Å². The molecule has 3 aromatic rings. The molecule has 3 rings (SSSR count). The van der Waals surface area contributed by atoms with Gasteiger partial charge in [0.15, 0.2) is 0 Å². The van der Waals surface area contributed by atoms with Gasteiger partial charge in [0.1, 0.15) is 11.6 Å². The van der Waals surface area contributed by atoms with Crippen LogP contribution in [0.4, 0.5) is 0 Å². The van der Waals surface area contributed by atoms with Crippen molar-refractivity contribution in [2.45, 2.75) is 6.42 Å². The van der Waals surface area contributed by atoms with Crippen molar-refractivity contribution in [2.24, 2.45) is 0 Å². The van der Waals surface area contributed by atoms with E-state index in [1.54, 1.807) is 49.6 Å². The maximum absolute atomic E-state index is 13.1. The number of nitrogens with one attached hydrogen (secondary N) is 1. The number of fused-ring (bicyclic) bond motifs is 1. The van der Waals surface area contributed by atoms with Crippen molar-refractivity contribution < 1.29 is 9.53 Å². The largest absolute Gasteiger partial charge is 0.497 e. The first-order valence-corrected chi connectivity index (χ1v) is 9.06. The zero-order valence-electron chi connectivity index (χ0n) is 16.3. The summed E-state index contributed by atoms with van der Waals surface area (Å²) in [5.41, 5.74) is 1.01. The fraction of sp³-hybridized carbons (Fsp3) is 0.286. The molecule has 7 heteroatoms. The molecule has 1 N–H and O–H groups in total. The molecule has 2 aromatic carbocycles. The summed E-state index contributed by atoms with van der Waals surface area (Å²) < 4.78 is 6.69. The van der Waals surface area contributed by atoms with Crippen molar-refractivity contribution in [3.8, 4) is 11.4 Å². The molecule has 1 amide bonds. The molecule has 0 unspecified atom stereocenters. The molecule has 1 heterocycles. The number of ether oxygens (including phenoxy) is 1. The number of benzene rings is 2. The third-order valence-corrected chi connectivity index (χ3v) is 4.38. The number of likely N-dealkylation sites (N-methyl/N-ethyl adjacent to an activating group) is 1. The highest BCUT2D eigenvalue weighted by molar-refractivity contribution is 5.81. The minimum atomic E-state index is -0.202. The van der Waals surface area contributed by atoms with Crippen LogP contribution in [0, 0.1) is 0 Å². The summed E-state index contributed by atoms with van der Waals surface area (Å²) in [5, 5.41) is 3.38. The van der Waals surface area contributed by atoms with Gasteiger partial charge in [0.25, 0.3) is 5.56 Å². The molecular weight excluding hydrogens is 356 g/mol. The molecule has 1 aromatic heterocycles. The molecule has 146 valence electrons. The van der Waals surface area contributed by atoms with Crippen molar-refractivity contribution in [2.75, 3.05) is 34.3 Å². The molecule has 0 saturated carbocycles. The second kappa shape index (κ2) is 8.67. The van der Waals surface area contributed by atoms with Crippen molar-refractivity contribution in [1.82, 2.24) is 19.8 Å². The Morgan fingerprint density at radius 2 is 1.86 bits per heavy atom. The second-order valence-corrected chi connectivity index (χ2v) is 6.71. The van der Waals surface area contributed by atoms with E-state index in [0.29, 0.717) is 34.7 Å². The predicted octanol–water partition coefficient (Wildman–Crippen LogP) is 1.61. The number of rotatable bonds is 7. The Morgan fingerprint density at radius 3 is 2.54 bits per heavy atom. The zero-order valence-corrected chi connectivity index (χ0v) is 16.3. The molecule has 0 fully saturated rings. The normalized spacial score (nSPS) is 11.0. The van der Waals surface area contributed by atoms with Crippen LogP contribution >= 0.6 is 0 Å². The van der Waals surface area contributed by atoms with E-state index in [-0.39, 0.29) is 17.9 Å². The molecule has 0 aliphatic heterocycles. The van der Waals surface area contributed by atoms with E-state index in [2.05, 4.69) is 10.3 Å². The summed E-state index contributed by atoms with van der Waals surface area (Å²) in [6.45, 7) is 1.27. The van der Waals surface area contributed by atoms with E-state index in [0.717, 1.165) is 6.54 Å². The molecule has 0 saturated heterocycles. The number of methoxy groups -OCH3 is 1. The Labute approximate surface area is 163 Å². The molecule has 0 aliphatic rings. The van der Waals surface area contributed by atoms with Crippen LogP contribution in [0.1, 0.15) is 5.82 Å². The average Bonchev–Trinajstić information content (AvgIpc) is 2.68. The molecule has 28 heavy (non-hydrogen) atoms. The number of nitrogens with zero attached hydrogens (tertiary/aromatic N) is 3. The smallest absolute Gasteiger partial charge is 0.265 e. The number of aromatic nitrogens is 2. The van der Waals surface area contributed by atoms with Gasteiger partial charge in [0.05, 0.1) is 30.1 Å². The first-order valence-electron chi connectivity index (χ1n) is 9.06. The number of carbonyl (C=O) groups excluding carboxylic acids is 1. The first kappa shape index (κ1) is 19.6. The Morgan fingerprint density at radius 1 is 1.14 bits per heavy atom. The average molecular weight is 380 g/mol. The summed E-state index contributed by atoms with van der Waals surface area (Å²) in [4.78, 5) is 32.1. The van der Waals surface area contributed by atoms with Crippen LogP contribution in [0.3, 0.4) is 0 Å². The van der Waals surface area contributed by atoms with Crippen LogP contribution in [0.5, 0.6) is 5.75 Å². The van der Waals surface area contributed by atoms with Crippen LogP contribution in [0.2, 0.25) is 0 Å². The van der Waals surface area contributed by atoms with Crippen LogP contribution < -0.4 is 15.6 Å². The van der Waals surface area contributed by atoms with Gasteiger partial charge in [0.2, 0.25) is 5.91 Å². The zero-order chi connectivity index (χ0) is 20.1. The molecule has 0 bridgehead atoms. The summed E-state index contributed by atoms with van der Waals surface area (Å²) in [6, 6.07) is 14.3. The summed E-state index contributed by atoms with van der Waals surface area (Å²) in [5.74, 6) is 0.913. The van der Waals surface area contributed by atoms with Gasteiger partial charge in [-0.3, -0.25) is 14.2 Å². The van der Waals surface area contributed by atoms with Gasteiger partial charge in [-0.2, -0.15) is 0 Å². The monoisotopic (exact) mass is 380 g/mol. The molecule has 0 spiro atoms. The van der Waals surface area contributed by atoms with E-state index < -0.39 is 0 Å². The SMILES string of the molecule is COc1ccc(-n2c(CC(=O)NCCN(C)C)nc3ccccc3c2=O)cc1. The van der Waals surface area contributed by atoms with E-state index >= 15 is 0 Å². The quantitative estimate of drug-likeness (QED) is 0.674. The van der Waals surface area contributed by atoms with Gasteiger partial charge in [-0.1, -0.05) is 12.1 Å². The van der Waals surface area contributed by atoms with Gasteiger partial charge >= 0.3 is 0 Å². The van der Waals surface area contributed by atoms with Crippen LogP contribution in [-0.4, -0.2) is 54.7 Å². The number of para-hydroxylation sites is 1. The number of carbonyl (C=O) groups is 1. The Balaban J connectivity index is 2.01. The Hall–Kier alpha value is -3.19. The maximum atomic E-state index is 13.1. The lowest BCUT2D eigenvalue weighted by Gasteiger charge is -2.15. The molecular formula is C21H24N4O3. The molecule has 0 aliphatic carbocycles. The van der Waals surface area contributed by atoms with E-state index in [1.807, 2.05) is 25.1 Å². The highest BCUT2D eigenvalue weighted by atomic mass is 16.5. The highest BCUT2D eigenvalue weighted by Crippen LogP contribution is 2.17. The standard InChI is InChI=1S/C21H24N4O3/c1-24(2)13-12-22-20(26)14-19-23-18-7-5-4-6-17(18)21(27)25(19)15-8-10-16(28-3)11-9-15/h4-11H,12-14H2,1-3H3,(H,22,26). The van der Waals surface area contributed by atoms with Crippen LogP contribution in [0.25, 0.3) is 16.6 Å². The lowest BCUT2D eigenvalue weighted by molar-refractivity contribution is -0.120. The summed E-state index contributed by atoms with van der Waals surface area (Å²) in [7, 11) is 5.47.